The minimum Gasteiger partial charge on any atom is -0.370 e. The summed E-state index contributed by atoms with van der Waals surface area (Å²) in [6.45, 7) is -0.124. The van der Waals surface area contributed by atoms with Crippen LogP contribution in [0.3, 0.4) is 0 Å². The number of hydrogen-bond acceptors (Lipinski definition) is 3. The van der Waals surface area contributed by atoms with Crippen LogP contribution >= 0.6 is 15.9 Å². The molecular formula is C9H10BrFN2O3S. The van der Waals surface area contributed by atoms with Crippen LogP contribution in [-0.4, -0.2) is 20.9 Å². The van der Waals surface area contributed by atoms with E-state index < -0.39 is 21.7 Å². The molecule has 0 aliphatic heterocycles. The summed E-state index contributed by atoms with van der Waals surface area (Å²) in [4.78, 5) is 10.2. The van der Waals surface area contributed by atoms with Gasteiger partial charge in [0, 0.05) is 17.4 Å². The van der Waals surface area contributed by atoms with Gasteiger partial charge in [0.1, 0.15) is 5.82 Å². The summed E-state index contributed by atoms with van der Waals surface area (Å²) in [5, 5.41) is 0. The molecule has 0 saturated heterocycles. The summed E-state index contributed by atoms with van der Waals surface area (Å²) in [6.07, 6.45) is -0.119. The SMILES string of the molecule is NC(=O)CCNS(=O)(=O)c1cc(F)ccc1Br. The number of carbonyl (C=O) groups is 1. The Kier molecular flexibility index (Phi) is 4.61. The maximum absolute atomic E-state index is 12.9. The van der Waals surface area contributed by atoms with Crippen LogP contribution in [0, 0.1) is 5.82 Å². The molecule has 0 aromatic heterocycles. The smallest absolute Gasteiger partial charge is 0.241 e. The van der Waals surface area contributed by atoms with Crippen LogP contribution in [0.15, 0.2) is 27.6 Å². The first kappa shape index (κ1) is 14.1. The molecule has 0 aliphatic rings. The molecule has 0 spiro atoms. The van der Waals surface area contributed by atoms with Crippen LogP contribution in [0.4, 0.5) is 4.39 Å². The number of sulfonamides is 1. The van der Waals surface area contributed by atoms with Crippen molar-refractivity contribution >= 4 is 31.9 Å². The van der Waals surface area contributed by atoms with Gasteiger partial charge < -0.3 is 5.73 Å². The lowest BCUT2D eigenvalue weighted by atomic mass is 10.3. The van der Waals surface area contributed by atoms with Gasteiger partial charge >= 0.3 is 0 Å². The first-order valence-corrected chi connectivity index (χ1v) is 6.83. The Bertz CT molecular complexity index is 533. The Labute approximate surface area is 106 Å². The van der Waals surface area contributed by atoms with Crippen molar-refractivity contribution in [3.63, 3.8) is 0 Å². The molecule has 1 rings (SSSR count). The van der Waals surface area contributed by atoms with Crippen LogP contribution in [0.5, 0.6) is 0 Å². The molecule has 1 amide bonds. The predicted molar refractivity (Wildman–Crippen MR) is 63.1 cm³/mol. The highest BCUT2D eigenvalue weighted by Gasteiger charge is 2.18. The maximum Gasteiger partial charge on any atom is 0.241 e. The summed E-state index contributed by atoms with van der Waals surface area (Å²) >= 11 is 3.01. The molecule has 0 saturated carbocycles. The first-order chi connectivity index (χ1) is 7.83. The Hall–Kier alpha value is -0.990. The maximum atomic E-state index is 12.9. The van der Waals surface area contributed by atoms with Crippen LogP contribution < -0.4 is 10.5 Å². The fourth-order valence-corrected chi connectivity index (χ4v) is 3.07. The second-order valence-corrected chi connectivity index (χ2v) is 5.78. The highest BCUT2D eigenvalue weighted by atomic mass is 79.9. The minimum absolute atomic E-state index is 0.119. The molecule has 1 aromatic carbocycles. The second kappa shape index (κ2) is 5.56. The van der Waals surface area contributed by atoms with E-state index in [-0.39, 0.29) is 22.3 Å². The average molecular weight is 325 g/mol. The lowest BCUT2D eigenvalue weighted by Gasteiger charge is -2.07. The van der Waals surface area contributed by atoms with Crippen LogP contribution in [0.2, 0.25) is 0 Å². The van der Waals surface area contributed by atoms with Crippen molar-refractivity contribution < 1.29 is 17.6 Å². The zero-order valence-corrected chi connectivity index (χ0v) is 11.0. The van der Waals surface area contributed by atoms with Gasteiger partial charge in [-0.15, -0.1) is 0 Å². The summed E-state index contributed by atoms with van der Waals surface area (Å²) in [5.74, 6) is -1.28. The summed E-state index contributed by atoms with van der Waals surface area (Å²) in [5.41, 5.74) is 4.87. The van der Waals surface area contributed by atoms with Crippen molar-refractivity contribution in [3.05, 3.63) is 28.5 Å². The molecule has 3 N–H and O–H groups in total. The second-order valence-electron chi connectivity index (χ2n) is 3.19. The molecule has 0 heterocycles. The third-order valence-electron chi connectivity index (χ3n) is 1.85. The molecule has 0 radical (unpaired) electrons. The molecular weight excluding hydrogens is 315 g/mol. The predicted octanol–water partition coefficient (Wildman–Crippen LogP) is 0.742. The zero-order valence-electron chi connectivity index (χ0n) is 8.61. The van der Waals surface area contributed by atoms with Gasteiger partial charge in [-0.3, -0.25) is 4.79 Å². The number of nitrogens with one attached hydrogen (secondary N) is 1. The number of amides is 1. The fraction of sp³-hybridized carbons (Fsp3) is 0.222. The quantitative estimate of drug-likeness (QED) is 0.837. The number of primary amides is 1. The van der Waals surface area contributed by atoms with Crippen LogP contribution in [0.1, 0.15) is 6.42 Å². The molecule has 1 aromatic rings. The van der Waals surface area contributed by atoms with Gasteiger partial charge in [0.25, 0.3) is 0 Å². The van der Waals surface area contributed by atoms with Gasteiger partial charge in [0.05, 0.1) is 4.90 Å². The summed E-state index contributed by atoms with van der Waals surface area (Å²) in [7, 11) is -3.85. The zero-order chi connectivity index (χ0) is 13.1. The van der Waals surface area contributed by atoms with E-state index in [1.165, 1.54) is 6.07 Å². The highest BCUT2D eigenvalue weighted by Crippen LogP contribution is 2.22. The highest BCUT2D eigenvalue weighted by molar-refractivity contribution is 9.10. The lowest BCUT2D eigenvalue weighted by molar-refractivity contribution is -0.117. The average Bonchev–Trinajstić information content (AvgIpc) is 2.20. The van der Waals surface area contributed by atoms with Crippen molar-refractivity contribution in [1.29, 1.82) is 0 Å². The topological polar surface area (TPSA) is 89.3 Å². The molecule has 0 fully saturated rings. The number of benzene rings is 1. The van der Waals surface area contributed by atoms with E-state index >= 15 is 0 Å². The molecule has 0 aliphatic carbocycles. The van der Waals surface area contributed by atoms with Crippen molar-refractivity contribution in [2.75, 3.05) is 6.54 Å². The van der Waals surface area contributed by atoms with Gasteiger partial charge in [-0.05, 0) is 34.1 Å². The van der Waals surface area contributed by atoms with E-state index in [9.17, 15) is 17.6 Å². The van der Waals surface area contributed by atoms with E-state index in [0.717, 1.165) is 12.1 Å². The number of carbonyl (C=O) groups excluding carboxylic acids is 1. The molecule has 17 heavy (non-hydrogen) atoms. The van der Waals surface area contributed by atoms with Gasteiger partial charge in [0.15, 0.2) is 0 Å². The molecule has 0 atom stereocenters. The molecule has 8 heteroatoms. The normalized spacial score (nSPS) is 11.4. The van der Waals surface area contributed by atoms with Crippen molar-refractivity contribution in [2.24, 2.45) is 5.73 Å². The summed E-state index contributed by atoms with van der Waals surface area (Å²) in [6, 6.07) is 3.31. The Balaban J connectivity index is 2.89. The van der Waals surface area contributed by atoms with Gasteiger partial charge in [-0.2, -0.15) is 0 Å². The lowest BCUT2D eigenvalue weighted by Crippen LogP contribution is -2.28. The Morgan fingerprint density at radius 1 is 1.47 bits per heavy atom. The number of hydrogen-bond donors (Lipinski definition) is 2. The van der Waals surface area contributed by atoms with E-state index in [2.05, 4.69) is 20.7 Å². The Morgan fingerprint density at radius 3 is 2.71 bits per heavy atom. The van der Waals surface area contributed by atoms with E-state index in [1.807, 2.05) is 0 Å². The standard InChI is InChI=1S/C9H10BrFN2O3S/c10-7-2-1-6(11)5-8(7)17(15,16)13-4-3-9(12)14/h1-2,5,13H,3-4H2,(H2,12,14). The van der Waals surface area contributed by atoms with E-state index in [1.54, 1.807) is 0 Å². The third-order valence-corrected chi connectivity index (χ3v) is 4.30. The van der Waals surface area contributed by atoms with E-state index in [0.29, 0.717) is 0 Å². The summed E-state index contributed by atoms with van der Waals surface area (Å²) < 4.78 is 38.8. The first-order valence-electron chi connectivity index (χ1n) is 4.56. The van der Waals surface area contributed by atoms with Gasteiger partial charge in [0.2, 0.25) is 15.9 Å². The van der Waals surface area contributed by atoms with E-state index in [4.69, 9.17) is 5.73 Å². The minimum atomic E-state index is -3.85. The van der Waals surface area contributed by atoms with Crippen molar-refractivity contribution in [3.8, 4) is 0 Å². The third kappa shape index (κ3) is 4.06. The van der Waals surface area contributed by atoms with Crippen LogP contribution in [-0.2, 0) is 14.8 Å². The van der Waals surface area contributed by atoms with Crippen molar-refractivity contribution in [2.45, 2.75) is 11.3 Å². The van der Waals surface area contributed by atoms with Gasteiger partial charge in [-0.25, -0.2) is 17.5 Å². The molecule has 0 unspecified atom stereocenters. The Morgan fingerprint density at radius 2 is 2.12 bits per heavy atom. The number of rotatable bonds is 5. The largest absolute Gasteiger partial charge is 0.370 e. The monoisotopic (exact) mass is 324 g/mol. The van der Waals surface area contributed by atoms with Crippen molar-refractivity contribution in [1.82, 2.24) is 4.72 Å². The number of nitrogens with two attached hydrogens (primary N) is 1. The molecule has 94 valence electrons. The van der Waals surface area contributed by atoms with Crippen LogP contribution in [0.25, 0.3) is 0 Å². The molecule has 5 nitrogen and oxygen atoms in total. The van der Waals surface area contributed by atoms with Gasteiger partial charge in [-0.1, -0.05) is 0 Å². The fourth-order valence-electron chi connectivity index (χ4n) is 1.07. The number of halogens is 2. The molecule has 0 bridgehead atoms.